The molecule has 0 atom stereocenters. The van der Waals surface area contributed by atoms with E-state index in [-0.39, 0.29) is 24.0 Å². The summed E-state index contributed by atoms with van der Waals surface area (Å²) in [4.78, 5) is 6.44. The summed E-state index contributed by atoms with van der Waals surface area (Å²) in [7, 11) is 3.84. The van der Waals surface area contributed by atoms with Gasteiger partial charge in [0.1, 0.15) is 0 Å². The molecule has 126 valence electrons. The van der Waals surface area contributed by atoms with Gasteiger partial charge in [0.05, 0.1) is 12.7 Å². The lowest BCUT2D eigenvalue weighted by atomic mass is 10.2. The molecule has 1 aromatic carbocycles. The quantitative estimate of drug-likeness (QED) is 0.396. The van der Waals surface area contributed by atoms with Crippen LogP contribution in [0, 0.1) is 6.92 Å². The van der Waals surface area contributed by atoms with Gasteiger partial charge >= 0.3 is 0 Å². The molecule has 0 bridgehead atoms. The van der Waals surface area contributed by atoms with Crippen molar-refractivity contribution in [1.29, 1.82) is 0 Å². The van der Waals surface area contributed by atoms with Gasteiger partial charge in [-0.3, -0.25) is 9.67 Å². The third-order valence-electron chi connectivity index (χ3n) is 3.29. The molecule has 0 saturated carbocycles. The maximum Gasteiger partial charge on any atom is 0.193 e. The first-order valence-corrected chi connectivity index (χ1v) is 8.03. The fraction of sp³-hybridized carbons (Fsp3) is 0.375. The number of hydrogen-bond donors (Lipinski definition) is 1. The number of aryl methyl sites for hydroxylation is 1. The second kappa shape index (κ2) is 9.92. The van der Waals surface area contributed by atoms with E-state index in [2.05, 4.69) is 60.5 Å². The van der Waals surface area contributed by atoms with E-state index in [4.69, 9.17) is 0 Å². The van der Waals surface area contributed by atoms with Gasteiger partial charge in [0.15, 0.2) is 5.96 Å². The molecule has 1 aromatic heterocycles. The molecule has 0 saturated heterocycles. The van der Waals surface area contributed by atoms with Crippen LogP contribution in [0.3, 0.4) is 0 Å². The Kier molecular flexibility index (Phi) is 8.60. The van der Waals surface area contributed by atoms with E-state index in [1.807, 2.05) is 31.0 Å². The highest BCUT2D eigenvalue weighted by Crippen LogP contribution is 2.11. The number of aromatic nitrogens is 2. The molecule has 0 radical (unpaired) electrons. The van der Waals surface area contributed by atoms with Crippen LogP contribution in [0.1, 0.15) is 11.1 Å². The number of guanidine groups is 1. The molecule has 1 heterocycles. The highest BCUT2D eigenvalue weighted by molar-refractivity contribution is 14.0. The van der Waals surface area contributed by atoms with Gasteiger partial charge in [0, 0.05) is 37.9 Å². The van der Waals surface area contributed by atoms with Gasteiger partial charge in [0.2, 0.25) is 0 Å². The first-order chi connectivity index (χ1) is 10.6. The summed E-state index contributed by atoms with van der Waals surface area (Å²) in [6.07, 6.45) is 3.91. The van der Waals surface area contributed by atoms with Gasteiger partial charge in [-0.05, 0) is 30.2 Å². The standard InChI is InChI=1S/C16H22BrN5.HI/c1-13-10-20-22(11-13)9-8-19-16(18-2)21(3)12-14-4-6-15(17)7-5-14;/h4-7,10-11H,8-9,12H2,1-3H3,(H,18,19);1H. The first kappa shape index (κ1) is 20.0. The van der Waals surface area contributed by atoms with Crippen molar-refractivity contribution in [2.24, 2.45) is 4.99 Å². The molecular formula is C16H23BrIN5. The molecule has 0 fully saturated rings. The minimum absolute atomic E-state index is 0. The number of nitrogens with one attached hydrogen (secondary N) is 1. The second-order valence-electron chi connectivity index (χ2n) is 5.24. The summed E-state index contributed by atoms with van der Waals surface area (Å²) in [5.74, 6) is 0.881. The van der Waals surface area contributed by atoms with Crippen molar-refractivity contribution in [3.8, 4) is 0 Å². The number of nitrogens with zero attached hydrogens (tertiary/aromatic N) is 4. The lowest BCUT2D eigenvalue weighted by Crippen LogP contribution is -2.39. The SMILES string of the molecule is CN=C(NCCn1cc(C)cn1)N(C)Cc1ccc(Br)cc1.I. The molecule has 0 aliphatic heterocycles. The van der Waals surface area contributed by atoms with E-state index >= 15 is 0 Å². The fourth-order valence-corrected chi connectivity index (χ4v) is 2.46. The van der Waals surface area contributed by atoms with Crippen LogP contribution in [-0.2, 0) is 13.1 Å². The summed E-state index contributed by atoms with van der Waals surface area (Å²) < 4.78 is 3.03. The van der Waals surface area contributed by atoms with Crippen molar-refractivity contribution in [2.45, 2.75) is 20.0 Å². The van der Waals surface area contributed by atoms with Crippen molar-refractivity contribution in [3.63, 3.8) is 0 Å². The molecule has 5 nitrogen and oxygen atoms in total. The molecule has 0 aliphatic carbocycles. The predicted molar refractivity (Wildman–Crippen MR) is 109 cm³/mol. The van der Waals surface area contributed by atoms with E-state index in [0.717, 1.165) is 30.1 Å². The van der Waals surface area contributed by atoms with Crippen molar-refractivity contribution in [2.75, 3.05) is 20.6 Å². The van der Waals surface area contributed by atoms with Gasteiger partial charge in [0.25, 0.3) is 0 Å². The second-order valence-corrected chi connectivity index (χ2v) is 6.15. The Balaban J connectivity index is 0.00000264. The van der Waals surface area contributed by atoms with E-state index in [0.29, 0.717) is 0 Å². The minimum atomic E-state index is 0. The van der Waals surface area contributed by atoms with Gasteiger partial charge < -0.3 is 10.2 Å². The Morgan fingerprint density at radius 2 is 2.04 bits per heavy atom. The molecule has 1 N–H and O–H groups in total. The third kappa shape index (κ3) is 6.50. The van der Waals surface area contributed by atoms with Gasteiger partial charge in [-0.1, -0.05) is 28.1 Å². The first-order valence-electron chi connectivity index (χ1n) is 7.24. The van der Waals surface area contributed by atoms with E-state index < -0.39 is 0 Å². The van der Waals surface area contributed by atoms with Crippen LogP contribution in [0.15, 0.2) is 46.1 Å². The van der Waals surface area contributed by atoms with Crippen molar-refractivity contribution in [1.82, 2.24) is 20.0 Å². The molecule has 23 heavy (non-hydrogen) atoms. The molecule has 2 aromatic rings. The molecule has 0 amide bonds. The molecule has 0 spiro atoms. The normalized spacial score (nSPS) is 11.0. The average molecular weight is 492 g/mol. The topological polar surface area (TPSA) is 45.5 Å². The highest BCUT2D eigenvalue weighted by Gasteiger charge is 2.06. The van der Waals surface area contributed by atoms with E-state index in [1.54, 1.807) is 7.05 Å². The molecule has 0 unspecified atom stereocenters. The minimum Gasteiger partial charge on any atom is -0.354 e. The number of benzene rings is 1. The zero-order valence-corrected chi connectivity index (χ0v) is 17.6. The summed E-state index contributed by atoms with van der Waals surface area (Å²) in [6.45, 7) is 4.47. The number of aliphatic imine (C=N–C) groups is 1. The summed E-state index contributed by atoms with van der Waals surface area (Å²) in [5, 5.41) is 7.64. The number of hydrogen-bond acceptors (Lipinski definition) is 2. The third-order valence-corrected chi connectivity index (χ3v) is 3.82. The summed E-state index contributed by atoms with van der Waals surface area (Å²) in [6, 6.07) is 8.33. The largest absolute Gasteiger partial charge is 0.354 e. The zero-order chi connectivity index (χ0) is 15.9. The Hall–Kier alpha value is -1.09. The predicted octanol–water partition coefficient (Wildman–Crippen LogP) is 3.28. The zero-order valence-electron chi connectivity index (χ0n) is 13.7. The Labute approximate surface area is 163 Å². The molecular weight excluding hydrogens is 469 g/mol. The highest BCUT2D eigenvalue weighted by atomic mass is 127. The van der Waals surface area contributed by atoms with Crippen molar-refractivity contribution in [3.05, 3.63) is 52.3 Å². The Morgan fingerprint density at radius 1 is 1.35 bits per heavy atom. The van der Waals surface area contributed by atoms with Crippen LogP contribution in [0.25, 0.3) is 0 Å². The number of halogens is 2. The van der Waals surface area contributed by atoms with E-state index in [9.17, 15) is 0 Å². The van der Waals surface area contributed by atoms with Gasteiger partial charge in [-0.25, -0.2) is 0 Å². The van der Waals surface area contributed by atoms with Crippen LogP contribution in [0.5, 0.6) is 0 Å². The van der Waals surface area contributed by atoms with Gasteiger partial charge in [-0.2, -0.15) is 5.10 Å². The monoisotopic (exact) mass is 491 g/mol. The molecule has 0 aliphatic rings. The van der Waals surface area contributed by atoms with Crippen LogP contribution in [-0.4, -0.2) is 41.3 Å². The van der Waals surface area contributed by atoms with Crippen LogP contribution in [0.2, 0.25) is 0 Å². The Bertz CT molecular complexity index is 624. The average Bonchev–Trinajstić information content (AvgIpc) is 2.91. The van der Waals surface area contributed by atoms with Gasteiger partial charge in [-0.15, -0.1) is 24.0 Å². The smallest absolute Gasteiger partial charge is 0.193 e. The Morgan fingerprint density at radius 3 is 2.61 bits per heavy atom. The van der Waals surface area contributed by atoms with Crippen LogP contribution >= 0.6 is 39.9 Å². The molecule has 7 heteroatoms. The van der Waals surface area contributed by atoms with E-state index in [1.165, 1.54) is 11.1 Å². The summed E-state index contributed by atoms with van der Waals surface area (Å²) in [5.41, 5.74) is 2.42. The van der Waals surface area contributed by atoms with Crippen LogP contribution in [0.4, 0.5) is 0 Å². The number of rotatable bonds is 5. The lowest BCUT2D eigenvalue weighted by molar-refractivity contribution is 0.470. The van der Waals surface area contributed by atoms with Crippen molar-refractivity contribution < 1.29 is 0 Å². The maximum absolute atomic E-state index is 4.33. The van der Waals surface area contributed by atoms with Crippen LogP contribution < -0.4 is 5.32 Å². The lowest BCUT2D eigenvalue weighted by Gasteiger charge is -2.22. The maximum atomic E-state index is 4.33. The van der Waals surface area contributed by atoms with Crippen molar-refractivity contribution >= 4 is 45.9 Å². The molecule has 2 rings (SSSR count). The summed E-state index contributed by atoms with van der Waals surface area (Å²) >= 11 is 3.45. The fourth-order valence-electron chi connectivity index (χ4n) is 2.19.